The molecule has 0 saturated carbocycles. The molecule has 0 rings (SSSR count). The van der Waals surface area contributed by atoms with Gasteiger partial charge in [0.2, 0.25) is 0 Å². The molecule has 0 unspecified atom stereocenters. The van der Waals surface area contributed by atoms with Crippen molar-refractivity contribution in [1.29, 1.82) is 0 Å². The van der Waals surface area contributed by atoms with E-state index < -0.39 is 58.9 Å². The minimum Gasteiger partial charge on any atom is -0.661 e. The Morgan fingerprint density at radius 3 is 1.59 bits per heavy atom. The summed E-state index contributed by atoms with van der Waals surface area (Å²) in [6, 6.07) is 0. The third-order valence-corrected chi connectivity index (χ3v) is 13.5. The largest absolute Gasteiger partial charge is 0.667 e. The highest BCUT2D eigenvalue weighted by Crippen LogP contribution is 2.16. The molecule has 0 aliphatic rings. The van der Waals surface area contributed by atoms with Crippen molar-refractivity contribution < 1.29 is 51.1 Å². The molecular weight excluding hydrogens is 511 g/mol. The van der Waals surface area contributed by atoms with E-state index >= 15 is 0 Å². The minimum atomic E-state index is -4.38. The third kappa shape index (κ3) is 16.5. The van der Waals surface area contributed by atoms with Gasteiger partial charge < -0.3 is 51.1 Å². The highest BCUT2D eigenvalue weighted by molar-refractivity contribution is 6.68. The Morgan fingerprint density at radius 1 is 0.719 bits per heavy atom. The van der Waals surface area contributed by atoms with E-state index in [1.54, 1.807) is 69.2 Å². The van der Waals surface area contributed by atoms with Crippen LogP contribution in [0.25, 0.3) is 0 Å². The Bertz CT molecular complexity index is 495. The fourth-order valence-electron chi connectivity index (χ4n) is 2.01. The lowest BCUT2D eigenvalue weighted by atomic mass is 10.5. The quantitative estimate of drug-likeness (QED) is 0.197. The van der Waals surface area contributed by atoms with E-state index in [1.807, 2.05) is 0 Å². The van der Waals surface area contributed by atoms with Crippen LogP contribution in [0.3, 0.4) is 0 Å². The first-order valence-corrected chi connectivity index (χ1v) is 17.7. The van der Waals surface area contributed by atoms with Crippen molar-refractivity contribution in [2.24, 2.45) is 0 Å². The summed E-state index contributed by atoms with van der Waals surface area (Å²) >= 11 is -3.10. The zero-order valence-electron chi connectivity index (χ0n) is 20.6. The van der Waals surface area contributed by atoms with Gasteiger partial charge in [-0.3, -0.25) is 0 Å². The van der Waals surface area contributed by atoms with Gasteiger partial charge in [-0.25, -0.2) is 0 Å². The van der Waals surface area contributed by atoms with Gasteiger partial charge >= 0.3 is 42.8 Å². The van der Waals surface area contributed by atoms with Crippen LogP contribution in [0.2, 0.25) is 0 Å². The van der Waals surface area contributed by atoms with Crippen LogP contribution in [-0.4, -0.2) is 97.7 Å². The van der Waals surface area contributed by atoms with E-state index in [9.17, 15) is 14.4 Å². The van der Waals surface area contributed by atoms with E-state index in [-0.39, 0.29) is 24.4 Å². The fourth-order valence-corrected chi connectivity index (χ4v) is 11.4. The SMILES string of the molecule is CC(C)[O][Al-]([O][SiH]O[Si](O)(OC(C)C)OC(C)C)[O][Si@@](O)(OC(C)C)O[Si@H](O)OC(C)C. The summed E-state index contributed by atoms with van der Waals surface area (Å²) in [6.45, 7) is 17.3. The Balaban J connectivity index is 5.29. The van der Waals surface area contributed by atoms with Crippen LogP contribution < -0.4 is 0 Å². The maximum Gasteiger partial charge on any atom is 0.667 e. The molecule has 0 amide bonds. The Kier molecular flexibility index (Phi) is 16.3. The van der Waals surface area contributed by atoms with Crippen LogP contribution in [0.1, 0.15) is 69.2 Å². The maximum atomic E-state index is 10.9. The molecular formula is C15H40AlO12Si4-. The van der Waals surface area contributed by atoms with E-state index in [2.05, 4.69) is 0 Å². The van der Waals surface area contributed by atoms with Crippen LogP contribution >= 0.6 is 0 Å². The van der Waals surface area contributed by atoms with Crippen molar-refractivity contribution in [3.63, 3.8) is 0 Å². The molecule has 3 N–H and O–H groups in total. The average molecular weight is 552 g/mol. The van der Waals surface area contributed by atoms with Crippen LogP contribution in [0, 0.1) is 0 Å². The summed E-state index contributed by atoms with van der Waals surface area (Å²) in [5, 5.41) is 0. The summed E-state index contributed by atoms with van der Waals surface area (Å²) in [7, 11) is -12.9. The van der Waals surface area contributed by atoms with Gasteiger partial charge in [0.25, 0.3) is 10.0 Å². The van der Waals surface area contributed by atoms with Crippen molar-refractivity contribution in [3.8, 4) is 0 Å². The average Bonchev–Trinajstić information content (AvgIpc) is 2.49. The molecule has 0 saturated heterocycles. The number of hydrogen-bond acceptors (Lipinski definition) is 12. The molecule has 0 heterocycles. The van der Waals surface area contributed by atoms with E-state index in [0.717, 1.165) is 0 Å². The second-order valence-corrected chi connectivity index (χ2v) is 16.7. The third-order valence-electron chi connectivity index (χ3n) is 2.78. The van der Waals surface area contributed by atoms with Crippen LogP contribution in [0.4, 0.5) is 0 Å². The summed E-state index contributed by atoms with van der Waals surface area (Å²) in [5.41, 5.74) is 0. The van der Waals surface area contributed by atoms with Crippen LogP contribution in [0.15, 0.2) is 0 Å². The topological polar surface area (TPSA) is 144 Å². The second-order valence-electron chi connectivity index (χ2n) is 8.10. The first kappa shape index (κ1) is 32.9. The fraction of sp³-hybridized carbons (Fsp3) is 1.00. The Hall–Kier alpha value is 0.920. The maximum absolute atomic E-state index is 10.9. The normalized spacial score (nSPS) is 16.2. The van der Waals surface area contributed by atoms with Gasteiger partial charge in [-0.2, -0.15) is 0 Å². The molecule has 0 aromatic heterocycles. The lowest BCUT2D eigenvalue weighted by Crippen LogP contribution is -2.57. The minimum absolute atomic E-state index is 0.312. The summed E-state index contributed by atoms with van der Waals surface area (Å²) in [4.78, 5) is 31.6. The van der Waals surface area contributed by atoms with Crippen molar-refractivity contribution in [1.82, 2.24) is 0 Å². The van der Waals surface area contributed by atoms with Gasteiger partial charge in [-0.1, -0.05) is 0 Å². The lowest BCUT2D eigenvalue weighted by Gasteiger charge is -2.39. The van der Waals surface area contributed by atoms with Gasteiger partial charge in [-0.15, -0.1) is 0 Å². The highest BCUT2D eigenvalue weighted by atomic mass is 28.5. The van der Waals surface area contributed by atoms with Crippen molar-refractivity contribution in [2.75, 3.05) is 0 Å². The van der Waals surface area contributed by atoms with Crippen molar-refractivity contribution >= 4 is 52.8 Å². The van der Waals surface area contributed by atoms with E-state index in [4.69, 9.17) is 36.7 Å². The van der Waals surface area contributed by atoms with Crippen molar-refractivity contribution in [2.45, 2.75) is 99.8 Å². The number of rotatable bonds is 18. The van der Waals surface area contributed by atoms with Gasteiger partial charge in [0.1, 0.15) is 0 Å². The highest BCUT2D eigenvalue weighted by Gasteiger charge is 2.46. The zero-order valence-corrected chi connectivity index (χ0v) is 26.1. The molecule has 0 bridgehead atoms. The van der Waals surface area contributed by atoms with Gasteiger partial charge in [0, 0.05) is 24.4 Å². The van der Waals surface area contributed by atoms with Crippen molar-refractivity contribution in [3.05, 3.63) is 0 Å². The second kappa shape index (κ2) is 15.8. The Labute approximate surface area is 203 Å². The Morgan fingerprint density at radius 2 is 1.19 bits per heavy atom. The first-order chi connectivity index (χ1) is 14.6. The molecule has 12 nitrogen and oxygen atoms in total. The van der Waals surface area contributed by atoms with E-state index in [0.29, 0.717) is 0 Å². The zero-order chi connectivity index (χ0) is 25.1. The molecule has 0 spiro atoms. The standard InChI is InChI=1S/C6H17O6Si2.C6H16O5Si2.C3H7O.Al/c1-5(2)10-13(7)12-14(8,9)11-6(3)4;1-5(2)9-13(8,11-12-7)10-6(3)4;1-3(2)4;/h5-8,13H,1-4H3;5-6,8,12H,1-4H3;3H,1-2H3;/q3*-1;+2/t13-,14+;;;/m1.../s1. The molecule has 0 aliphatic carbocycles. The van der Waals surface area contributed by atoms with E-state index in [1.165, 1.54) is 0 Å². The molecule has 32 heavy (non-hydrogen) atoms. The van der Waals surface area contributed by atoms with Gasteiger partial charge in [-0.05, 0) is 75.3 Å². The van der Waals surface area contributed by atoms with Crippen LogP contribution in [0.5, 0.6) is 0 Å². The molecule has 192 valence electrons. The molecule has 2 atom stereocenters. The monoisotopic (exact) mass is 551 g/mol. The molecule has 0 aliphatic heterocycles. The molecule has 17 heteroatoms. The molecule has 0 aromatic carbocycles. The smallest absolute Gasteiger partial charge is 0.661 e. The summed E-state index contributed by atoms with van der Waals surface area (Å²) < 4.78 is 49.3. The molecule has 0 fully saturated rings. The first-order valence-electron chi connectivity index (χ1n) is 10.5. The molecule has 0 aromatic rings. The predicted octanol–water partition coefficient (Wildman–Crippen LogP) is -0.00550. The predicted molar refractivity (Wildman–Crippen MR) is 124 cm³/mol. The van der Waals surface area contributed by atoms with Crippen LogP contribution in [-0.2, 0) is 36.7 Å². The number of hydrogen-bond donors (Lipinski definition) is 3. The summed E-state index contributed by atoms with van der Waals surface area (Å²) in [6.07, 6.45) is -1.77. The van der Waals surface area contributed by atoms with Gasteiger partial charge in [0.05, 0.1) is 0 Å². The summed E-state index contributed by atoms with van der Waals surface area (Å²) in [5.74, 6) is 0. The molecule has 2 radical (unpaired) electrons. The van der Waals surface area contributed by atoms with Gasteiger partial charge in [0.15, 0.2) is 0 Å². The lowest BCUT2D eigenvalue weighted by molar-refractivity contribution is -0.0113.